The number of furan rings is 1. The molecule has 2 rings (SSSR count). The van der Waals surface area contributed by atoms with E-state index in [2.05, 4.69) is 5.32 Å². The van der Waals surface area contributed by atoms with Crippen molar-refractivity contribution in [2.24, 2.45) is 0 Å². The minimum Gasteiger partial charge on any atom is -0.467 e. The van der Waals surface area contributed by atoms with E-state index in [1.807, 2.05) is 0 Å². The van der Waals surface area contributed by atoms with Gasteiger partial charge in [0.15, 0.2) is 0 Å². The molecule has 3 nitrogen and oxygen atoms in total. The Hall–Kier alpha value is -1.71. The Morgan fingerprint density at radius 3 is 2.84 bits per heavy atom. The van der Waals surface area contributed by atoms with Crippen LogP contribution in [0, 0.1) is 0 Å². The van der Waals surface area contributed by atoms with Crippen molar-refractivity contribution in [2.75, 3.05) is 0 Å². The van der Waals surface area contributed by atoms with Gasteiger partial charge in [-0.2, -0.15) is 0 Å². The second-order valence-corrected chi connectivity index (χ2v) is 4.56. The Balaban J connectivity index is 1.94. The van der Waals surface area contributed by atoms with Crippen molar-refractivity contribution in [3.63, 3.8) is 0 Å². The number of halogens is 2. The van der Waals surface area contributed by atoms with E-state index in [1.165, 1.54) is 6.08 Å². The Kier molecular flexibility index (Phi) is 4.66. The monoisotopic (exact) mass is 295 g/mol. The van der Waals surface area contributed by atoms with Crippen LogP contribution in [-0.4, -0.2) is 5.91 Å². The molecule has 0 atom stereocenters. The summed E-state index contributed by atoms with van der Waals surface area (Å²) in [6, 6.07) is 8.80. The number of rotatable bonds is 4. The summed E-state index contributed by atoms with van der Waals surface area (Å²) >= 11 is 11.9. The van der Waals surface area contributed by atoms with Gasteiger partial charge < -0.3 is 9.73 Å². The largest absolute Gasteiger partial charge is 0.467 e. The highest BCUT2D eigenvalue weighted by Crippen LogP contribution is 2.26. The van der Waals surface area contributed by atoms with E-state index in [0.29, 0.717) is 27.9 Å². The van der Waals surface area contributed by atoms with Crippen molar-refractivity contribution in [3.8, 4) is 0 Å². The summed E-state index contributed by atoms with van der Waals surface area (Å²) in [6.07, 6.45) is 4.58. The first-order valence-corrected chi connectivity index (χ1v) is 6.34. The fraction of sp³-hybridized carbons (Fsp3) is 0.0714. The molecule has 0 spiro atoms. The van der Waals surface area contributed by atoms with Crippen LogP contribution in [0.5, 0.6) is 0 Å². The van der Waals surface area contributed by atoms with Gasteiger partial charge in [-0.05, 0) is 29.8 Å². The third-order valence-corrected chi connectivity index (χ3v) is 3.25. The molecule has 5 heteroatoms. The second kappa shape index (κ2) is 6.45. The van der Waals surface area contributed by atoms with Crippen LogP contribution in [0.25, 0.3) is 6.08 Å². The standard InChI is InChI=1S/C14H11Cl2NO2/c15-12-5-1-3-10(14(12)16)6-7-13(18)17-9-11-4-2-8-19-11/h1-8H,9H2,(H,17,18)/b7-6+. The van der Waals surface area contributed by atoms with E-state index in [0.717, 1.165) is 0 Å². The first-order valence-electron chi connectivity index (χ1n) is 5.59. The van der Waals surface area contributed by atoms with Gasteiger partial charge in [0.05, 0.1) is 22.9 Å². The Bertz CT molecular complexity index is 591. The average Bonchev–Trinajstić information content (AvgIpc) is 2.91. The maximum atomic E-state index is 11.6. The smallest absolute Gasteiger partial charge is 0.244 e. The first kappa shape index (κ1) is 13.7. The van der Waals surface area contributed by atoms with Crippen molar-refractivity contribution in [2.45, 2.75) is 6.54 Å². The molecule has 0 aliphatic heterocycles. The quantitative estimate of drug-likeness (QED) is 0.869. The Morgan fingerprint density at radius 1 is 1.26 bits per heavy atom. The van der Waals surface area contributed by atoms with E-state index >= 15 is 0 Å². The molecule has 98 valence electrons. The zero-order chi connectivity index (χ0) is 13.7. The summed E-state index contributed by atoms with van der Waals surface area (Å²) < 4.78 is 5.10. The van der Waals surface area contributed by atoms with Crippen LogP contribution < -0.4 is 5.32 Å². The van der Waals surface area contributed by atoms with Crippen LogP contribution in [0.15, 0.2) is 47.1 Å². The molecule has 1 amide bonds. The lowest BCUT2D eigenvalue weighted by atomic mass is 10.2. The van der Waals surface area contributed by atoms with Gasteiger partial charge in [-0.15, -0.1) is 0 Å². The summed E-state index contributed by atoms with van der Waals surface area (Å²) in [5.74, 6) is 0.468. The molecule has 0 radical (unpaired) electrons. The molecule has 1 aromatic carbocycles. The van der Waals surface area contributed by atoms with Crippen molar-refractivity contribution in [1.82, 2.24) is 5.32 Å². The number of hydrogen-bond acceptors (Lipinski definition) is 2. The summed E-state index contributed by atoms with van der Waals surface area (Å²) in [4.78, 5) is 11.6. The zero-order valence-electron chi connectivity index (χ0n) is 9.90. The number of amides is 1. The predicted molar refractivity (Wildman–Crippen MR) is 76.1 cm³/mol. The Morgan fingerprint density at radius 2 is 2.11 bits per heavy atom. The second-order valence-electron chi connectivity index (χ2n) is 3.77. The maximum Gasteiger partial charge on any atom is 0.244 e. The molecule has 19 heavy (non-hydrogen) atoms. The van der Waals surface area contributed by atoms with E-state index in [4.69, 9.17) is 27.6 Å². The van der Waals surface area contributed by atoms with Gasteiger partial charge in [-0.1, -0.05) is 35.3 Å². The van der Waals surface area contributed by atoms with Crippen molar-refractivity contribution in [3.05, 3.63) is 64.0 Å². The normalized spacial score (nSPS) is 10.8. The van der Waals surface area contributed by atoms with E-state index in [-0.39, 0.29) is 5.91 Å². The van der Waals surface area contributed by atoms with Crippen LogP contribution in [0.1, 0.15) is 11.3 Å². The molecular weight excluding hydrogens is 285 g/mol. The minimum atomic E-state index is -0.229. The van der Waals surface area contributed by atoms with E-state index in [1.54, 1.807) is 42.7 Å². The SMILES string of the molecule is O=C(/C=C/c1cccc(Cl)c1Cl)NCc1ccco1. The molecule has 1 heterocycles. The van der Waals surface area contributed by atoms with Crippen molar-refractivity contribution >= 4 is 35.2 Å². The van der Waals surface area contributed by atoms with Gasteiger partial charge in [0.2, 0.25) is 5.91 Å². The summed E-state index contributed by atoms with van der Waals surface area (Å²) in [5.41, 5.74) is 0.697. The number of carbonyl (C=O) groups is 1. The van der Waals surface area contributed by atoms with Gasteiger partial charge in [-0.25, -0.2) is 0 Å². The van der Waals surface area contributed by atoms with Crippen LogP contribution >= 0.6 is 23.2 Å². The van der Waals surface area contributed by atoms with Crippen LogP contribution in [0.4, 0.5) is 0 Å². The fourth-order valence-corrected chi connectivity index (χ4v) is 1.83. The summed E-state index contributed by atoms with van der Waals surface area (Å²) in [7, 11) is 0. The van der Waals surface area contributed by atoms with Gasteiger partial charge >= 0.3 is 0 Å². The molecule has 2 aromatic rings. The van der Waals surface area contributed by atoms with Crippen LogP contribution in [-0.2, 0) is 11.3 Å². The lowest BCUT2D eigenvalue weighted by Crippen LogP contribution is -2.19. The maximum absolute atomic E-state index is 11.6. The molecule has 1 aromatic heterocycles. The minimum absolute atomic E-state index is 0.229. The number of carbonyl (C=O) groups excluding carboxylic acids is 1. The molecule has 0 aliphatic carbocycles. The molecule has 0 aliphatic rings. The van der Waals surface area contributed by atoms with Gasteiger partial charge in [0.1, 0.15) is 5.76 Å². The lowest BCUT2D eigenvalue weighted by molar-refractivity contribution is -0.116. The third kappa shape index (κ3) is 3.88. The highest BCUT2D eigenvalue weighted by Gasteiger charge is 2.02. The molecule has 0 unspecified atom stereocenters. The number of hydrogen-bond donors (Lipinski definition) is 1. The fourth-order valence-electron chi connectivity index (χ4n) is 1.46. The number of benzene rings is 1. The van der Waals surface area contributed by atoms with Crippen molar-refractivity contribution < 1.29 is 9.21 Å². The highest BCUT2D eigenvalue weighted by molar-refractivity contribution is 6.42. The summed E-state index contributed by atoms with van der Waals surface area (Å²) in [5, 5.41) is 3.58. The molecule has 0 saturated carbocycles. The zero-order valence-corrected chi connectivity index (χ0v) is 11.4. The first-order chi connectivity index (χ1) is 9.16. The lowest BCUT2D eigenvalue weighted by Gasteiger charge is -2.01. The van der Waals surface area contributed by atoms with Gasteiger partial charge in [-0.3, -0.25) is 4.79 Å². The average molecular weight is 296 g/mol. The van der Waals surface area contributed by atoms with E-state index in [9.17, 15) is 4.79 Å². The molecular formula is C14H11Cl2NO2. The molecule has 0 fully saturated rings. The van der Waals surface area contributed by atoms with E-state index < -0.39 is 0 Å². The van der Waals surface area contributed by atoms with Crippen LogP contribution in [0.2, 0.25) is 10.0 Å². The molecule has 0 saturated heterocycles. The van der Waals surface area contributed by atoms with Crippen molar-refractivity contribution in [1.29, 1.82) is 0 Å². The summed E-state index contributed by atoms with van der Waals surface area (Å²) in [6.45, 7) is 0.347. The third-order valence-electron chi connectivity index (χ3n) is 2.41. The van der Waals surface area contributed by atoms with Crippen LogP contribution in [0.3, 0.4) is 0 Å². The van der Waals surface area contributed by atoms with Gasteiger partial charge in [0.25, 0.3) is 0 Å². The number of nitrogens with one attached hydrogen (secondary N) is 1. The molecule has 0 bridgehead atoms. The van der Waals surface area contributed by atoms with Gasteiger partial charge in [0, 0.05) is 6.08 Å². The highest BCUT2D eigenvalue weighted by atomic mass is 35.5. The predicted octanol–water partition coefficient (Wildman–Crippen LogP) is 3.92. The molecule has 1 N–H and O–H groups in total. The Labute approximate surface area is 120 Å². The topological polar surface area (TPSA) is 42.2 Å².